The van der Waals surface area contributed by atoms with Crippen molar-refractivity contribution >= 4 is 45.5 Å². The Labute approximate surface area is 201 Å². The molecule has 7 rings (SSSR count). The number of fused-ring (bicyclic) bond motifs is 8. The molecule has 2 aliphatic heterocycles. The van der Waals surface area contributed by atoms with E-state index in [4.69, 9.17) is 16.7 Å². The standard InChI is InChI=1S/C28H19ClN4O/c1-16-24-26(33(32-16)19-8-3-2-4-9-19)31-25-20-10-6-5-7-17(20)11-13-21(25)28(24)22-15-18(29)12-14-23(22)30-27(28)34/h2-15,31H,1H3,(H,30,34). The second-order valence-corrected chi connectivity index (χ2v) is 9.22. The van der Waals surface area contributed by atoms with Crippen LogP contribution in [0.4, 0.5) is 17.2 Å². The molecular formula is C28H19ClN4O. The second-order valence-electron chi connectivity index (χ2n) is 8.78. The van der Waals surface area contributed by atoms with Crippen molar-refractivity contribution in [2.45, 2.75) is 12.3 Å². The maximum absolute atomic E-state index is 14.1. The molecule has 1 unspecified atom stereocenters. The number of aryl methyl sites for hydroxylation is 1. The average Bonchev–Trinajstić information content (AvgIpc) is 3.34. The topological polar surface area (TPSA) is 59.0 Å². The number of anilines is 3. The van der Waals surface area contributed by atoms with Crippen molar-refractivity contribution < 1.29 is 4.79 Å². The summed E-state index contributed by atoms with van der Waals surface area (Å²) in [5, 5.41) is 14.5. The fourth-order valence-electron chi connectivity index (χ4n) is 5.61. The Morgan fingerprint density at radius 1 is 0.882 bits per heavy atom. The van der Waals surface area contributed by atoms with Gasteiger partial charge in [-0.05, 0) is 42.6 Å². The summed E-state index contributed by atoms with van der Waals surface area (Å²) >= 11 is 6.49. The van der Waals surface area contributed by atoms with E-state index < -0.39 is 5.41 Å². The summed E-state index contributed by atoms with van der Waals surface area (Å²) in [5.41, 5.74) is 4.90. The van der Waals surface area contributed by atoms with E-state index in [1.165, 1.54) is 0 Å². The highest BCUT2D eigenvalue weighted by molar-refractivity contribution is 6.31. The third kappa shape index (κ3) is 2.34. The van der Waals surface area contributed by atoms with Gasteiger partial charge in [0, 0.05) is 32.8 Å². The molecule has 34 heavy (non-hydrogen) atoms. The molecule has 3 heterocycles. The van der Waals surface area contributed by atoms with Crippen molar-refractivity contribution in [3.63, 3.8) is 0 Å². The molecule has 0 aliphatic carbocycles. The van der Waals surface area contributed by atoms with Gasteiger partial charge in [-0.1, -0.05) is 66.2 Å². The smallest absolute Gasteiger partial charge is 0.244 e. The van der Waals surface area contributed by atoms with E-state index in [0.717, 1.165) is 56.0 Å². The number of hydrogen-bond donors (Lipinski definition) is 2. The molecule has 2 aliphatic rings. The van der Waals surface area contributed by atoms with Crippen LogP contribution < -0.4 is 10.6 Å². The first kappa shape index (κ1) is 19.4. The summed E-state index contributed by atoms with van der Waals surface area (Å²) in [7, 11) is 0. The molecule has 4 aromatic carbocycles. The first-order valence-corrected chi connectivity index (χ1v) is 11.5. The lowest BCUT2D eigenvalue weighted by Gasteiger charge is -2.36. The van der Waals surface area contributed by atoms with Crippen LogP contribution in [-0.2, 0) is 10.2 Å². The van der Waals surface area contributed by atoms with Crippen molar-refractivity contribution in [1.82, 2.24) is 9.78 Å². The summed E-state index contributed by atoms with van der Waals surface area (Å²) in [6.45, 7) is 1.96. The highest BCUT2D eigenvalue weighted by Gasteiger charge is 2.56. The van der Waals surface area contributed by atoms with Crippen molar-refractivity contribution in [2.75, 3.05) is 10.6 Å². The van der Waals surface area contributed by atoms with E-state index in [2.05, 4.69) is 34.9 Å². The van der Waals surface area contributed by atoms with Gasteiger partial charge in [0.25, 0.3) is 0 Å². The van der Waals surface area contributed by atoms with Gasteiger partial charge < -0.3 is 10.6 Å². The summed E-state index contributed by atoms with van der Waals surface area (Å²) < 4.78 is 1.90. The summed E-state index contributed by atoms with van der Waals surface area (Å²) in [5.74, 6) is 0.690. The van der Waals surface area contributed by atoms with Crippen molar-refractivity contribution in [2.24, 2.45) is 0 Å². The van der Waals surface area contributed by atoms with Gasteiger partial charge in [0.05, 0.1) is 17.1 Å². The van der Waals surface area contributed by atoms with Crippen LogP contribution in [0.15, 0.2) is 84.9 Å². The molecule has 164 valence electrons. The highest BCUT2D eigenvalue weighted by atomic mass is 35.5. The quantitative estimate of drug-likeness (QED) is 0.306. The Hall–Kier alpha value is -4.09. The monoisotopic (exact) mass is 462 g/mol. The maximum Gasteiger partial charge on any atom is 0.244 e. The molecule has 2 N–H and O–H groups in total. The van der Waals surface area contributed by atoms with Gasteiger partial charge >= 0.3 is 0 Å². The van der Waals surface area contributed by atoms with E-state index in [0.29, 0.717) is 5.02 Å². The van der Waals surface area contributed by atoms with Crippen LogP contribution in [0.3, 0.4) is 0 Å². The molecule has 6 heteroatoms. The summed E-state index contributed by atoms with van der Waals surface area (Å²) in [6, 6.07) is 27.9. The SMILES string of the molecule is Cc1nn(-c2ccccc2)c2c1C1(C(=O)Nc3ccc(Cl)cc31)c1ccc3ccccc3c1N2. The molecule has 5 nitrogen and oxygen atoms in total. The van der Waals surface area contributed by atoms with Crippen LogP contribution in [0.2, 0.25) is 5.02 Å². The third-order valence-electron chi connectivity index (χ3n) is 6.99. The van der Waals surface area contributed by atoms with Crippen LogP contribution in [0.1, 0.15) is 22.4 Å². The van der Waals surface area contributed by atoms with Crippen molar-refractivity contribution in [3.05, 3.63) is 112 Å². The van der Waals surface area contributed by atoms with Gasteiger partial charge in [-0.15, -0.1) is 0 Å². The number of para-hydroxylation sites is 1. The lowest BCUT2D eigenvalue weighted by Crippen LogP contribution is -2.40. The lowest BCUT2D eigenvalue weighted by molar-refractivity contribution is -0.118. The van der Waals surface area contributed by atoms with E-state index >= 15 is 0 Å². The Balaban J connectivity index is 1.66. The van der Waals surface area contributed by atoms with Crippen molar-refractivity contribution in [3.8, 4) is 5.69 Å². The van der Waals surface area contributed by atoms with Gasteiger partial charge in [0.2, 0.25) is 5.91 Å². The second kappa shape index (κ2) is 6.72. The molecular weight excluding hydrogens is 444 g/mol. The Morgan fingerprint density at radius 2 is 1.68 bits per heavy atom. The van der Waals surface area contributed by atoms with E-state index in [1.807, 2.05) is 72.3 Å². The molecule has 1 aromatic heterocycles. The summed E-state index contributed by atoms with van der Waals surface area (Å²) in [6.07, 6.45) is 0. The molecule has 1 atom stereocenters. The first-order chi connectivity index (χ1) is 16.6. The largest absolute Gasteiger partial charge is 0.339 e. The Bertz CT molecular complexity index is 1660. The fourth-order valence-corrected chi connectivity index (χ4v) is 5.78. The lowest BCUT2D eigenvalue weighted by atomic mass is 9.67. The van der Waals surface area contributed by atoms with Gasteiger partial charge in [-0.2, -0.15) is 5.10 Å². The Morgan fingerprint density at radius 3 is 2.53 bits per heavy atom. The van der Waals surface area contributed by atoms with E-state index in [9.17, 15) is 4.79 Å². The zero-order valence-electron chi connectivity index (χ0n) is 18.3. The molecule has 1 spiro atoms. The van der Waals surface area contributed by atoms with E-state index in [1.54, 1.807) is 0 Å². The zero-order valence-corrected chi connectivity index (χ0v) is 19.0. The number of rotatable bonds is 1. The molecule has 0 radical (unpaired) electrons. The fraction of sp³-hybridized carbons (Fsp3) is 0.0714. The minimum Gasteiger partial charge on any atom is -0.339 e. The van der Waals surface area contributed by atoms with Gasteiger partial charge in [-0.3, -0.25) is 4.79 Å². The predicted molar refractivity (Wildman–Crippen MR) is 135 cm³/mol. The Kier molecular flexibility index (Phi) is 3.83. The molecule has 0 saturated heterocycles. The number of halogens is 1. The summed E-state index contributed by atoms with van der Waals surface area (Å²) in [4.78, 5) is 14.1. The molecule has 1 amide bonds. The maximum atomic E-state index is 14.1. The number of aromatic nitrogens is 2. The highest BCUT2D eigenvalue weighted by Crippen LogP contribution is 2.57. The number of nitrogens with zero attached hydrogens (tertiary/aromatic N) is 2. The minimum absolute atomic E-state index is 0.0974. The number of hydrogen-bond acceptors (Lipinski definition) is 3. The predicted octanol–water partition coefficient (Wildman–Crippen LogP) is 6.33. The number of carbonyl (C=O) groups is 1. The van der Waals surface area contributed by atoms with Crippen molar-refractivity contribution in [1.29, 1.82) is 0 Å². The van der Waals surface area contributed by atoms with Crippen LogP contribution in [0.5, 0.6) is 0 Å². The third-order valence-corrected chi connectivity index (χ3v) is 7.22. The van der Waals surface area contributed by atoms with Gasteiger partial charge in [0.15, 0.2) is 0 Å². The van der Waals surface area contributed by atoms with Crippen LogP contribution in [0.25, 0.3) is 16.5 Å². The first-order valence-electron chi connectivity index (χ1n) is 11.2. The number of amides is 1. The minimum atomic E-state index is -1.07. The molecule has 5 aromatic rings. The normalized spacial score (nSPS) is 17.8. The van der Waals surface area contributed by atoms with Crippen LogP contribution in [0, 0.1) is 6.92 Å². The average molecular weight is 463 g/mol. The van der Waals surface area contributed by atoms with Gasteiger partial charge in [-0.25, -0.2) is 4.68 Å². The van der Waals surface area contributed by atoms with Gasteiger partial charge in [0.1, 0.15) is 11.2 Å². The number of benzene rings is 4. The van der Waals surface area contributed by atoms with Crippen LogP contribution in [-0.4, -0.2) is 15.7 Å². The molecule has 0 fully saturated rings. The van der Waals surface area contributed by atoms with E-state index in [-0.39, 0.29) is 5.91 Å². The molecule has 0 saturated carbocycles. The van der Waals surface area contributed by atoms with Crippen LogP contribution >= 0.6 is 11.6 Å². The number of carbonyl (C=O) groups excluding carboxylic acids is 1. The number of nitrogens with one attached hydrogen (secondary N) is 2. The zero-order chi connectivity index (χ0) is 23.0. The molecule has 0 bridgehead atoms.